The molecule has 1 amide bonds. The number of aromatic nitrogens is 1. The average molecular weight is 298 g/mol. The Kier molecular flexibility index (Phi) is 6.01. The van der Waals surface area contributed by atoms with Crippen LogP contribution in [0.2, 0.25) is 0 Å². The maximum Gasteiger partial charge on any atom is 0.337 e. The monoisotopic (exact) mass is 298 g/mol. The van der Waals surface area contributed by atoms with Crippen molar-refractivity contribution in [3.63, 3.8) is 0 Å². The van der Waals surface area contributed by atoms with Crippen LogP contribution in [-0.2, 0) is 9.53 Å². The van der Waals surface area contributed by atoms with E-state index in [4.69, 9.17) is 9.84 Å². The molecule has 0 radical (unpaired) electrons. The second-order valence-electron chi connectivity index (χ2n) is 3.85. The van der Waals surface area contributed by atoms with E-state index in [0.29, 0.717) is 13.2 Å². The highest BCUT2D eigenvalue weighted by molar-refractivity contribution is 5.89. The maximum absolute atomic E-state index is 11.4. The van der Waals surface area contributed by atoms with Crippen molar-refractivity contribution in [1.82, 2.24) is 10.3 Å². The number of nitro groups is 1. The molecule has 0 aliphatic rings. The molecule has 1 heterocycles. The summed E-state index contributed by atoms with van der Waals surface area (Å²) in [6.07, 6.45) is 0.973. The summed E-state index contributed by atoms with van der Waals surface area (Å²) in [5.74, 6) is -1.90. The molecule has 0 saturated heterocycles. The number of nitrogens with zero attached hydrogens (tertiary/aromatic N) is 2. The highest BCUT2D eigenvalue weighted by Gasteiger charge is 2.19. The van der Waals surface area contributed by atoms with Gasteiger partial charge in [0.05, 0.1) is 23.6 Å². The van der Waals surface area contributed by atoms with Crippen LogP contribution in [0.1, 0.15) is 10.4 Å². The summed E-state index contributed by atoms with van der Waals surface area (Å²) < 4.78 is 4.75. The molecule has 10 heteroatoms. The smallest absolute Gasteiger partial charge is 0.337 e. The van der Waals surface area contributed by atoms with E-state index >= 15 is 0 Å². The van der Waals surface area contributed by atoms with Gasteiger partial charge in [-0.15, -0.1) is 0 Å². The number of nitrogens with one attached hydrogen (secondary N) is 2. The molecule has 21 heavy (non-hydrogen) atoms. The van der Waals surface area contributed by atoms with Crippen molar-refractivity contribution in [3.05, 3.63) is 27.9 Å². The number of carbonyl (C=O) groups is 2. The van der Waals surface area contributed by atoms with Crippen molar-refractivity contribution in [1.29, 1.82) is 0 Å². The minimum absolute atomic E-state index is 0.174. The van der Waals surface area contributed by atoms with Crippen LogP contribution in [-0.4, -0.2) is 53.7 Å². The van der Waals surface area contributed by atoms with E-state index in [-0.39, 0.29) is 17.9 Å². The molecule has 0 bridgehead atoms. The van der Waals surface area contributed by atoms with E-state index in [1.165, 1.54) is 7.11 Å². The summed E-state index contributed by atoms with van der Waals surface area (Å²) in [6, 6.07) is 0.875. The summed E-state index contributed by atoms with van der Waals surface area (Å²) in [4.78, 5) is 35.9. The van der Waals surface area contributed by atoms with Crippen LogP contribution < -0.4 is 10.6 Å². The van der Waals surface area contributed by atoms with Crippen molar-refractivity contribution < 1.29 is 24.4 Å². The van der Waals surface area contributed by atoms with Gasteiger partial charge in [0.2, 0.25) is 11.7 Å². The lowest BCUT2D eigenvalue weighted by Crippen LogP contribution is -2.32. The lowest BCUT2D eigenvalue weighted by molar-refractivity contribution is -0.384. The van der Waals surface area contributed by atoms with Gasteiger partial charge in [0, 0.05) is 25.9 Å². The molecule has 1 aromatic rings. The number of aromatic carboxylic acids is 1. The molecule has 0 unspecified atom stereocenters. The standard InChI is InChI=1S/C11H14N4O6/c1-21-3-2-12-9(16)6-14-10-8(15(19)20)4-7(5-13-10)11(17)18/h4-5H,2-3,6H2,1H3,(H,12,16)(H,13,14)(H,17,18). The Balaban J connectivity index is 2.72. The van der Waals surface area contributed by atoms with Crippen LogP contribution in [0.15, 0.2) is 12.3 Å². The lowest BCUT2D eigenvalue weighted by atomic mass is 10.2. The van der Waals surface area contributed by atoms with Gasteiger partial charge in [0.15, 0.2) is 0 Å². The molecule has 114 valence electrons. The highest BCUT2D eigenvalue weighted by atomic mass is 16.6. The van der Waals surface area contributed by atoms with Crippen LogP contribution in [0, 0.1) is 10.1 Å². The first-order valence-electron chi connectivity index (χ1n) is 5.83. The molecule has 1 aromatic heterocycles. The first-order valence-corrected chi connectivity index (χ1v) is 5.83. The molecular weight excluding hydrogens is 284 g/mol. The van der Waals surface area contributed by atoms with Crippen LogP contribution >= 0.6 is 0 Å². The van der Waals surface area contributed by atoms with Crippen molar-refractivity contribution >= 4 is 23.4 Å². The number of amides is 1. The Morgan fingerprint density at radius 2 is 2.24 bits per heavy atom. The van der Waals surface area contributed by atoms with Gasteiger partial charge in [-0.05, 0) is 0 Å². The van der Waals surface area contributed by atoms with Gasteiger partial charge in [-0.2, -0.15) is 0 Å². The number of ether oxygens (including phenoxy) is 1. The van der Waals surface area contributed by atoms with E-state index in [0.717, 1.165) is 12.3 Å². The zero-order valence-electron chi connectivity index (χ0n) is 11.2. The van der Waals surface area contributed by atoms with Gasteiger partial charge in [0.25, 0.3) is 0 Å². The lowest BCUT2D eigenvalue weighted by Gasteiger charge is -2.07. The van der Waals surface area contributed by atoms with Gasteiger partial charge in [-0.1, -0.05) is 0 Å². The minimum Gasteiger partial charge on any atom is -0.478 e. The number of carboxylic acids is 1. The van der Waals surface area contributed by atoms with Gasteiger partial charge in [-0.3, -0.25) is 14.9 Å². The number of methoxy groups -OCH3 is 1. The Morgan fingerprint density at radius 1 is 1.52 bits per heavy atom. The molecule has 1 rings (SSSR count). The Labute approximate surface area is 119 Å². The third kappa shape index (κ3) is 5.03. The summed E-state index contributed by atoms with van der Waals surface area (Å²) in [7, 11) is 1.49. The zero-order chi connectivity index (χ0) is 15.8. The normalized spacial score (nSPS) is 9.95. The predicted molar refractivity (Wildman–Crippen MR) is 71.2 cm³/mol. The van der Waals surface area contributed by atoms with Crippen molar-refractivity contribution in [2.75, 3.05) is 32.1 Å². The van der Waals surface area contributed by atoms with Crippen LogP contribution in [0.3, 0.4) is 0 Å². The van der Waals surface area contributed by atoms with Crippen molar-refractivity contribution in [2.24, 2.45) is 0 Å². The maximum atomic E-state index is 11.4. The van der Waals surface area contributed by atoms with Crippen LogP contribution in [0.5, 0.6) is 0 Å². The molecule has 10 nitrogen and oxygen atoms in total. The van der Waals surface area contributed by atoms with Crippen LogP contribution in [0.25, 0.3) is 0 Å². The molecule has 0 saturated carbocycles. The predicted octanol–water partition coefficient (Wildman–Crippen LogP) is -0.137. The number of rotatable bonds is 8. The van der Waals surface area contributed by atoms with Gasteiger partial charge < -0.3 is 20.5 Å². The summed E-state index contributed by atoms with van der Waals surface area (Å²) in [6.45, 7) is 0.423. The fraction of sp³-hybridized carbons (Fsp3) is 0.364. The van der Waals surface area contributed by atoms with Gasteiger partial charge in [0.1, 0.15) is 0 Å². The number of hydrogen-bond donors (Lipinski definition) is 3. The van der Waals surface area contributed by atoms with E-state index in [2.05, 4.69) is 15.6 Å². The average Bonchev–Trinajstić information content (AvgIpc) is 2.45. The van der Waals surface area contributed by atoms with E-state index in [9.17, 15) is 19.7 Å². The zero-order valence-corrected chi connectivity index (χ0v) is 11.2. The van der Waals surface area contributed by atoms with Crippen LogP contribution in [0.4, 0.5) is 11.5 Å². The molecule has 0 aliphatic heterocycles. The Bertz CT molecular complexity index is 548. The number of anilines is 1. The third-order valence-corrected chi connectivity index (χ3v) is 2.36. The molecular formula is C11H14N4O6. The molecule has 0 aromatic carbocycles. The molecule has 0 aliphatic carbocycles. The first kappa shape index (κ1) is 16.3. The molecule has 0 fully saturated rings. The molecule has 0 atom stereocenters. The molecule has 0 spiro atoms. The summed E-state index contributed by atoms with van der Waals surface area (Å²) in [5.41, 5.74) is -0.823. The van der Waals surface area contributed by atoms with Crippen molar-refractivity contribution in [2.45, 2.75) is 0 Å². The fourth-order valence-electron chi connectivity index (χ4n) is 1.36. The first-order chi connectivity index (χ1) is 9.95. The minimum atomic E-state index is -1.32. The Hall–Kier alpha value is -2.75. The van der Waals surface area contributed by atoms with E-state index < -0.39 is 22.5 Å². The second kappa shape index (κ2) is 7.75. The topological polar surface area (TPSA) is 144 Å². The van der Waals surface area contributed by atoms with Gasteiger partial charge in [-0.25, -0.2) is 9.78 Å². The number of hydrogen-bond acceptors (Lipinski definition) is 7. The largest absolute Gasteiger partial charge is 0.478 e. The summed E-state index contributed by atoms with van der Waals surface area (Å²) >= 11 is 0. The van der Waals surface area contributed by atoms with E-state index in [1.54, 1.807) is 0 Å². The fourth-order valence-corrected chi connectivity index (χ4v) is 1.36. The number of pyridine rings is 1. The van der Waals surface area contributed by atoms with Crippen molar-refractivity contribution in [3.8, 4) is 0 Å². The summed E-state index contributed by atoms with van der Waals surface area (Å²) in [5, 5.41) is 24.6. The number of carbonyl (C=O) groups excluding carboxylic acids is 1. The van der Waals surface area contributed by atoms with E-state index in [1.807, 2.05) is 0 Å². The third-order valence-electron chi connectivity index (χ3n) is 2.36. The number of carboxylic acid groups (broad SMARTS) is 1. The molecule has 3 N–H and O–H groups in total. The second-order valence-corrected chi connectivity index (χ2v) is 3.85. The highest BCUT2D eigenvalue weighted by Crippen LogP contribution is 2.22. The quantitative estimate of drug-likeness (QED) is 0.342. The van der Waals surface area contributed by atoms with Gasteiger partial charge >= 0.3 is 11.7 Å². The Morgan fingerprint density at radius 3 is 2.81 bits per heavy atom. The SMILES string of the molecule is COCCNC(=O)CNc1ncc(C(=O)O)cc1[N+](=O)[O-].